The maximum atomic E-state index is 9.73. The molecule has 0 spiro atoms. The molecule has 0 aliphatic carbocycles. The second-order valence-corrected chi connectivity index (χ2v) is 14.3. The van der Waals surface area contributed by atoms with E-state index in [4.69, 9.17) is 0 Å². The largest absolute Gasteiger partial charge is 0.192 e. The Balaban J connectivity index is 1.67. The lowest BCUT2D eigenvalue weighted by atomic mass is 10.0. The van der Waals surface area contributed by atoms with E-state index >= 15 is 0 Å². The summed E-state index contributed by atoms with van der Waals surface area (Å²) in [6.07, 6.45) is 11.8. The average Bonchev–Trinajstić information content (AvgIpc) is 3.78. The van der Waals surface area contributed by atoms with Crippen molar-refractivity contribution in [3.63, 3.8) is 0 Å². The first-order chi connectivity index (χ1) is 24.5. The van der Waals surface area contributed by atoms with Crippen LogP contribution >= 0.6 is 22.7 Å². The van der Waals surface area contributed by atoms with Crippen molar-refractivity contribution in [2.24, 2.45) is 0 Å². The van der Waals surface area contributed by atoms with Gasteiger partial charge < -0.3 is 0 Å². The SMILES string of the molecule is CCCCCCc1ccc(C#Cc2c3cc(=C(C#N)C#N)sc3c(C#Cc3ccc(CCCCCC)cc3)c3cc(=C(C#N)C#N)sc23)cc1. The zero-order valence-corrected chi connectivity index (χ0v) is 30.1. The van der Waals surface area contributed by atoms with E-state index in [9.17, 15) is 21.0 Å². The lowest BCUT2D eigenvalue weighted by Gasteiger charge is -2.04. The summed E-state index contributed by atoms with van der Waals surface area (Å²) in [5, 5.41) is 40.5. The average molecular weight is 685 g/mol. The zero-order chi connectivity index (χ0) is 35.3. The molecule has 5 rings (SSSR count). The van der Waals surface area contributed by atoms with Crippen LogP contribution in [0.3, 0.4) is 0 Å². The summed E-state index contributed by atoms with van der Waals surface area (Å²) in [6, 6.07) is 28.5. The minimum Gasteiger partial charge on any atom is -0.192 e. The Morgan fingerprint density at radius 1 is 0.500 bits per heavy atom. The lowest BCUT2D eigenvalue weighted by Crippen LogP contribution is -1.95. The Morgan fingerprint density at radius 2 is 0.880 bits per heavy atom. The number of rotatable bonds is 10. The van der Waals surface area contributed by atoms with Gasteiger partial charge in [-0.05, 0) is 73.2 Å². The number of fused-ring (bicyclic) bond motifs is 2. The van der Waals surface area contributed by atoms with Gasteiger partial charge >= 0.3 is 0 Å². The highest BCUT2D eigenvalue weighted by molar-refractivity contribution is 7.19. The van der Waals surface area contributed by atoms with Crippen LogP contribution in [0.1, 0.15) is 98.6 Å². The minimum absolute atomic E-state index is 0.0293. The van der Waals surface area contributed by atoms with E-state index in [1.54, 1.807) is 0 Å². The predicted octanol–water partition coefficient (Wildman–Crippen LogP) is 9.56. The van der Waals surface area contributed by atoms with Crippen molar-refractivity contribution in [1.82, 2.24) is 0 Å². The number of thiophene rings is 2. The highest BCUT2D eigenvalue weighted by Crippen LogP contribution is 2.36. The fraction of sp³-hybridized carbons (Fsp3) is 0.273. The number of nitrogens with zero attached hydrogens (tertiary/aromatic N) is 4. The van der Waals surface area contributed by atoms with E-state index in [-0.39, 0.29) is 11.1 Å². The number of nitriles is 4. The predicted molar refractivity (Wildman–Crippen MR) is 206 cm³/mol. The van der Waals surface area contributed by atoms with Crippen molar-refractivity contribution in [2.75, 3.05) is 0 Å². The van der Waals surface area contributed by atoms with Crippen molar-refractivity contribution in [3.8, 4) is 48.0 Å². The van der Waals surface area contributed by atoms with Gasteiger partial charge in [0.2, 0.25) is 0 Å². The topological polar surface area (TPSA) is 95.2 Å². The normalized spacial score (nSPS) is 10.2. The first kappa shape index (κ1) is 35.7. The van der Waals surface area contributed by atoms with Gasteiger partial charge in [0.1, 0.15) is 35.4 Å². The molecule has 244 valence electrons. The van der Waals surface area contributed by atoms with Crippen LogP contribution < -0.4 is 9.06 Å². The summed E-state index contributed by atoms with van der Waals surface area (Å²) in [5.41, 5.74) is 5.83. The maximum Gasteiger partial charge on any atom is 0.146 e. The highest BCUT2D eigenvalue weighted by Gasteiger charge is 2.18. The third-order valence-corrected chi connectivity index (χ3v) is 10.9. The molecule has 3 aromatic carbocycles. The van der Waals surface area contributed by atoms with Gasteiger partial charge in [0.05, 0.1) is 29.6 Å². The molecular weight excluding hydrogens is 649 g/mol. The summed E-state index contributed by atoms with van der Waals surface area (Å²) in [4.78, 5) is 0. The van der Waals surface area contributed by atoms with Crippen LogP contribution in [0.25, 0.3) is 31.3 Å². The van der Waals surface area contributed by atoms with Crippen LogP contribution in [0.2, 0.25) is 0 Å². The first-order valence-corrected chi connectivity index (χ1v) is 18.8. The van der Waals surface area contributed by atoms with Crippen LogP contribution in [0, 0.1) is 69.0 Å². The van der Waals surface area contributed by atoms with Gasteiger partial charge in [-0.3, -0.25) is 0 Å². The summed E-state index contributed by atoms with van der Waals surface area (Å²) in [7, 11) is 0. The van der Waals surface area contributed by atoms with Crippen LogP contribution in [-0.2, 0) is 12.8 Å². The molecule has 0 bridgehead atoms. The van der Waals surface area contributed by atoms with Crippen molar-refractivity contribution in [3.05, 3.63) is 103 Å². The summed E-state index contributed by atoms with van der Waals surface area (Å²) in [5.74, 6) is 13.5. The first-order valence-electron chi connectivity index (χ1n) is 17.1. The Hall–Kier alpha value is -5.60. The van der Waals surface area contributed by atoms with E-state index in [1.807, 2.05) is 60.7 Å². The molecule has 4 nitrogen and oxygen atoms in total. The number of aryl methyl sites for hydroxylation is 2. The molecule has 50 heavy (non-hydrogen) atoms. The summed E-state index contributed by atoms with van der Waals surface area (Å²) in [6.45, 7) is 4.43. The third-order valence-electron chi connectivity index (χ3n) is 8.61. The molecule has 0 saturated heterocycles. The van der Waals surface area contributed by atoms with E-state index in [1.165, 1.54) is 85.2 Å². The second-order valence-electron chi connectivity index (χ2n) is 12.2. The van der Waals surface area contributed by atoms with Crippen LogP contribution in [0.5, 0.6) is 0 Å². The van der Waals surface area contributed by atoms with E-state index < -0.39 is 0 Å². The Bertz CT molecular complexity index is 2180. The standard InChI is InChI=1S/C44H36N4S2/c1-3-5-7-9-11-31-13-17-33(18-14-31)21-23-37-39-25-41(35(27-45)28-46)50-44(39)38(40-26-42(49-43(37)40)36(29-47)30-48)24-22-34-19-15-32(16-20-34)12-10-8-6-4-2/h13-20,25-26H,3-12H2,1-2H3. The molecular formula is C44H36N4S2. The van der Waals surface area contributed by atoms with Gasteiger partial charge in [-0.1, -0.05) is 100 Å². The molecule has 0 unspecified atom stereocenters. The number of unbranched alkanes of at least 4 members (excludes halogenated alkanes) is 6. The van der Waals surface area contributed by atoms with E-state index in [0.29, 0.717) is 9.06 Å². The second kappa shape index (κ2) is 17.7. The maximum absolute atomic E-state index is 9.73. The molecule has 0 aliphatic rings. The molecule has 5 aromatic rings. The summed E-state index contributed by atoms with van der Waals surface area (Å²) >= 11 is 2.68. The van der Waals surface area contributed by atoms with Gasteiger partial charge in [-0.15, -0.1) is 22.7 Å². The molecule has 0 radical (unpaired) electrons. The molecule has 0 aliphatic heterocycles. The van der Waals surface area contributed by atoms with Crippen molar-refractivity contribution in [1.29, 1.82) is 21.0 Å². The minimum atomic E-state index is 0.0293. The Labute approximate surface area is 302 Å². The molecule has 0 atom stereocenters. The van der Waals surface area contributed by atoms with Crippen LogP contribution in [0.15, 0.2) is 60.7 Å². The molecule has 0 N–H and O–H groups in total. The quantitative estimate of drug-likeness (QED) is 0.108. The molecule has 2 aromatic heterocycles. The lowest BCUT2D eigenvalue weighted by molar-refractivity contribution is 0.667. The van der Waals surface area contributed by atoms with E-state index in [0.717, 1.165) is 55.3 Å². The molecule has 0 fully saturated rings. The van der Waals surface area contributed by atoms with Crippen molar-refractivity contribution in [2.45, 2.75) is 78.1 Å². The molecule has 2 heterocycles. The molecule has 0 saturated carbocycles. The smallest absolute Gasteiger partial charge is 0.146 e. The number of hydrogen-bond donors (Lipinski definition) is 0. The van der Waals surface area contributed by atoms with Gasteiger partial charge in [0.25, 0.3) is 0 Å². The van der Waals surface area contributed by atoms with Gasteiger partial charge in [-0.2, -0.15) is 21.0 Å². The Morgan fingerprint density at radius 3 is 1.22 bits per heavy atom. The third kappa shape index (κ3) is 8.51. The number of benzene rings is 3. The van der Waals surface area contributed by atoms with Gasteiger partial charge in [0, 0.05) is 21.9 Å². The fourth-order valence-electron chi connectivity index (χ4n) is 5.83. The van der Waals surface area contributed by atoms with Crippen LogP contribution in [0.4, 0.5) is 0 Å². The van der Waals surface area contributed by atoms with E-state index in [2.05, 4.69) is 61.8 Å². The highest BCUT2D eigenvalue weighted by atomic mass is 32.1. The van der Waals surface area contributed by atoms with Gasteiger partial charge in [-0.25, -0.2) is 0 Å². The van der Waals surface area contributed by atoms with Gasteiger partial charge in [0.15, 0.2) is 0 Å². The Kier molecular flexibility index (Phi) is 12.6. The molecule has 6 heteroatoms. The fourth-order valence-corrected chi connectivity index (χ4v) is 8.07. The molecule has 0 amide bonds. The van der Waals surface area contributed by atoms with Crippen molar-refractivity contribution < 1.29 is 0 Å². The number of hydrogen-bond acceptors (Lipinski definition) is 6. The summed E-state index contributed by atoms with van der Waals surface area (Å²) < 4.78 is 2.72. The van der Waals surface area contributed by atoms with Crippen LogP contribution in [-0.4, -0.2) is 0 Å². The van der Waals surface area contributed by atoms with Crippen molar-refractivity contribution >= 4 is 54.0 Å². The zero-order valence-electron chi connectivity index (χ0n) is 28.4. The monoisotopic (exact) mass is 684 g/mol.